The maximum Gasteiger partial charge on any atom is 0.206 e. The molecule has 0 amide bonds. The largest absolute Gasteiger partial charge is 0.328 e. The molecule has 1 aliphatic heterocycles. The van der Waals surface area contributed by atoms with Crippen molar-refractivity contribution in [3.63, 3.8) is 0 Å². The van der Waals surface area contributed by atoms with E-state index >= 15 is 0 Å². The normalized spacial score (nSPS) is 35.0. The van der Waals surface area contributed by atoms with Gasteiger partial charge in [-0.05, 0) is 25.2 Å². The first-order valence-corrected chi connectivity index (χ1v) is 7.20. The van der Waals surface area contributed by atoms with E-state index in [2.05, 4.69) is 37.9 Å². The van der Waals surface area contributed by atoms with Crippen LogP contribution in [0.4, 0.5) is 0 Å². The molecule has 0 saturated carbocycles. The minimum Gasteiger partial charge on any atom is -0.328 e. The van der Waals surface area contributed by atoms with Crippen LogP contribution in [0.2, 0.25) is 11.1 Å². The third kappa shape index (κ3) is 1.45. The topological polar surface area (TPSA) is 24.1 Å². The summed E-state index contributed by atoms with van der Waals surface area (Å²) in [5.41, 5.74) is 1.74. The van der Waals surface area contributed by atoms with Crippen LogP contribution in [-0.2, 0) is 0 Å². The predicted octanol–water partition coefficient (Wildman–Crippen LogP) is 1.83. The van der Waals surface area contributed by atoms with Crippen molar-refractivity contribution in [3.05, 3.63) is 0 Å². The van der Waals surface area contributed by atoms with Gasteiger partial charge < -0.3 is 9.96 Å². The molecule has 0 bridgehead atoms. The van der Waals surface area contributed by atoms with Gasteiger partial charge in [-0.15, -0.1) is 0 Å². The summed E-state index contributed by atoms with van der Waals surface area (Å²) in [6.45, 7) is 4.80. The van der Waals surface area contributed by atoms with E-state index in [1.165, 1.54) is 19.3 Å². The molecule has 0 radical (unpaired) electrons. The Hall–Kier alpha value is 0.137. The molecule has 12 heavy (non-hydrogen) atoms. The van der Waals surface area contributed by atoms with E-state index in [0.717, 1.165) is 11.1 Å². The molecule has 0 aliphatic carbocycles. The van der Waals surface area contributed by atoms with E-state index in [0.29, 0.717) is 0 Å². The van der Waals surface area contributed by atoms with Gasteiger partial charge in [0.05, 0.1) is 0 Å². The predicted molar refractivity (Wildman–Crippen MR) is 56.6 cm³/mol. The van der Waals surface area contributed by atoms with Gasteiger partial charge in [-0.3, -0.25) is 0 Å². The average Bonchev–Trinajstić information content (AvgIpc) is 2.06. The van der Waals surface area contributed by atoms with E-state index in [1.807, 2.05) is 0 Å². The van der Waals surface area contributed by atoms with Gasteiger partial charge in [0, 0.05) is 0 Å². The van der Waals surface area contributed by atoms with Crippen molar-refractivity contribution in [2.75, 3.05) is 14.1 Å². The van der Waals surface area contributed by atoms with Crippen molar-refractivity contribution in [2.45, 2.75) is 44.2 Å². The summed E-state index contributed by atoms with van der Waals surface area (Å²) in [7, 11) is 2.91. The Morgan fingerprint density at radius 1 is 1.00 bits per heavy atom. The van der Waals surface area contributed by atoms with Crippen LogP contribution in [0, 0.1) is 0 Å². The summed E-state index contributed by atoms with van der Waals surface area (Å²) in [5, 5.41) is 0. The van der Waals surface area contributed by atoms with Crippen LogP contribution in [0.25, 0.3) is 0 Å². The van der Waals surface area contributed by atoms with Gasteiger partial charge in [-0.2, -0.15) is 0 Å². The van der Waals surface area contributed by atoms with Gasteiger partial charge in [-0.25, -0.2) is 0 Å². The molecule has 72 valence electrons. The third-order valence-corrected chi connectivity index (χ3v) is 9.00. The molecular weight excluding hydrogens is 164 g/mol. The second kappa shape index (κ2) is 3.90. The minimum absolute atomic E-state index is 0.872. The first-order valence-electron chi connectivity index (χ1n) is 5.05. The van der Waals surface area contributed by atoms with Crippen molar-refractivity contribution in [3.8, 4) is 0 Å². The van der Waals surface area contributed by atoms with Gasteiger partial charge in [0.25, 0.3) is 0 Å². The zero-order valence-electron chi connectivity index (χ0n) is 8.78. The van der Waals surface area contributed by atoms with Crippen LogP contribution in [0.15, 0.2) is 0 Å². The Labute approximate surface area is 77.3 Å². The van der Waals surface area contributed by atoms with Gasteiger partial charge in [0.2, 0.25) is 8.40 Å². The van der Waals surface area contributed by atoms with Gasteiger partial charge in [0.15, 0.2) is 0 Å². The lowest BCUT2D eigenvalue weighted by molar-refractivity contribution is 0.546. The molecule has 0 aromatic carbocycles. The van der Waals surface area contributed by atoms with Gasteiger partial charge in [0.1, 0.15) is 0 Å². The summed E-state index contributed by atoms with van der Waals surface area (Å²) < 4.78 is 0. The fourth-order valence-corrected chi connectivity index (χ4v) is 7.29. The molecule has 3 heteroatoms. The Kier molecular flexibility index (Phi) is 3.32. The van der Waals surface area contributed by atoms with Crippen LogP contribution in [0.5, 0.6) is 0 Å². The highest BCUT2D eigenvalue weighted by molar-refractivity contribution is 6.77. The third-order valence-electron chi connectivity index (χ3n) is 3.66. The molecule has 1 saturated heterocycles. The van der Waals surface area contributed by atoms with E-state index in [-0.39, 0.29) is 0 Å². The van der Waals surface area contributed by atoms with Crippen LogP contribution in [0.3, 0.4) is 0 Å². The van der Waals surface area contributed by atoms with Gasteiger partial charge in [-0.1, -0.05) is 33.1 Å². The van der Waals surface area contributed by atoms with Crippen molar-refractivity contribution in [2.24, 2.45) is 0 Å². The molecule has 2 unspecified atom stereocenters. The standard InChI is InChI=1S/C9H22N2Si/c1-8-6-5-7-9(2)12(8,10-3)11-4/h8-11H,5-7H2,1-4H3. The van der Waals surface area contributed by atoms with Crippen LogP contribution in [0.1, 0.15) is 33.1 Å². The molecule has 2 nitrogen and oxygen atoms in total. The van der Waals surface area contributed by atoms with Crippen molar-refractivity contribution in [1.82, 2.24) is 9.96 Å². The molecule has 0 aromatic rings. The Morgan fingerprint density at radius 3 is 1.67 bits per heavy atom. The van der Waals surface area contributed by atoms with Crippen molar-refractivity contribution < 1.29 is 0 Å². The quantitative estimate of drug-likeness (QED) is 0.643. The number of hydrogen-bond acceptors (Lipinski definition) is 2. The van der Waals surface area contributed by atoms with Crippen molar-refractivity contribution >= 4 is 8.40 Å². The van der Waals surface area contributed by atoms with Crippen LogP contribution < -0.4 is 9.96 Å². The monoisotopic (exact) mass is 186 g/mol. The maximum absolute atomic E-state index is 3.59. The first kappa shape index (κ1) is 10.2. The molecule has 2 atom stereocenters. The highest BCUT2D eigenvalue weighted by Crippen LogP contribution is 2.39. The summed E-state index contributed by atoms with van der Waals surface area (Å²) in [4.78, 5) is 7.19. The maximum atomic E-state index is 3.59. The molecular formula is C9H22N2Si. The Bertz CT molecular complexity index is 133. The molecule has 0 spiro atoms. The number of nitrogens with one attached hydrogen (secondary N) is 2. The summed E-state index contributed by atoms with van der Waals surface area (Å²) in [6, 6.07) is 0. The van der Waals surface area contributed by atoms with Crippen LogP contribution in [-0.4, -0.2) is 22.5 Å². The smallest absolute Gasteiger partial charge is 0.206 e. The lowest BCUT2D eigenvalue weighted by atomic mass is 10.1. The lowest BCUT2D eigenvalue weighted by Crippen LogP contribution is -2.66. The number of rotatable bonds is 2. The molecule has 1 fully saturated rings. The van der Waals surface area contributed by atoms with E-state index in [9.17, 15) is 0 Å². The SMILES string of the molecule is CN[Si]1(NC)C(C)CCCC1C. The summed E-state index contributed by atoms with van der Waals surface area (Å²) in [6.07, 6.45) is 4.22. The molecule has 1 heterocycles. The Balaban J connectivity index is 2.77. The molecule has 2 N–H and O–H groups in total. The highest BCUT2D eigenvalue weighted by Gasteiger charge is 2.44. The number of hydrogen-bond donors (Lipinski definition) is 2. The zero-order valence-corrected chi connectivity index (χ0v) is 9.78. The lowest BCUT2D eigenvalue weighted by Gasteiger charge is -2.44. The summed E-state index contributed by atoms with van der Waals surface area (Å²) >= 11 is 0. The zero-order chi connectivity index (χ0) is 9.19. The summed E-state index contributed by atoms with van der Waals surface area (Å²) in [5.74, 6) is 0. The first-order chi connectivity index (χ1) is 5.67. The van der Waals surface area contributed by atoms with Gasteiger partial charge >= 0.3 is 0 Å². The second-order valence-electron chi connectivity index (χ2n) is 4.10. The minimum atomic E-state index is -1.34. The average molecular weight is 186 g/mol. The van der Waals surface area contributed by atoms with E-state index in [4.69, 9.17) is 0 Å². The molecule has 1 rings (SSSR count). The Morgan fingerprint density at radius 2 is 1.42 bits per heavy atom. The fraction of sp³-hybridized carbons (Fsp3) is 1.00. The second-order valence-corrected chi connectivity index (χ2v) is 8.81. The van der Waals surface area contributed by atoms with Crippen LogP contribution >= 0.6 is 0 Å². The van der Waals surface area contributed by atoms with Crippen molar-refractivity contribution in [1.29, 1.82) is 0 Å². The highest BCUT2D eigenvalue weighted by atomic mass is 28.3. The molecule has 1 aliphatic rings. The molecule has 0 aromatic heterocycles. The van der Waals surface area contributed by atoms with E-state index in [1.54, 1.807) is 0 Å². The fourth-order valence-electron chi connectivity index (χ4n) is 2.78. The van der Waals surface area contributed by atoms with E-state index < -0.39 is 8.40 Å².